The van der Waals surface area contributed by atoms with Gasteiger partial charge in [0.1, 0.15) is 0 Å². The van der Waals surface area contributed by atoms with E-state index in [2.05, 4.69) is 0 Å². The second-order valence-electron chi connectivity index (χ2n) is 1.96. The Kier molecular flexibility index (Phi) is 2.20. The number of carbonyl (C=O) groups is 1. The molecule has 1 rings (SSSR count). The van der Waals surface area contributed by atoms with E-state index in [0.717, 1.165) is 0 Å². The first-order valence-electron chi connectivity index (χ1n) is 2.99. The van der Waals surface area contributed by atoms with E-state index in [9.17, 15) is 4.79 Å². The van der Waals surface area contributed by atoms with Gasteiger partial charge in [-0.05, 0) is 12.1 Å². The standard InChI is InChI=1S/C7H7NO3/c9-7(8(10)11)6-4-2-1-3-5-6/h1-5,10-11H. The zero-order chi connectivity index (χ0) is 8.27. The third-order valence-corrected chi connectivity index (χ3v) is 1.20. The maximum Gasteiger partial charge on any atom is 0.303 e. The predicted molar refractivity (Wildman–Crippen MR) is 36.2 cm³/mol. The van der Waals surface area contributed by atoms with E-state index in [4.69, 9.17) is 10.4 Å². The summed E-state index contributed by atoms with van der Waals surface area (Å²) in [6, 6.07) is 7.98. The van der Waals surface area contributed by atoms with Crippen LogP contribution in [-0.4, -0.2) is 21.5 Å². The van der Waals surface area contributed by atoms with Crippen LogP contribution in [0.1, 0.15) is 10.4 Å². The first-order valence-corrected chi connectivity index (χ1v) is 2.99. The molecule has 1 aromatic rings. The van der Waals surface area contributed by atoms with Crippen molar-refractivity contribution in [3.8, 4) is 0 Å². The second-order valence-corrected chi connectivity index (χ2v) is 1.96. The normalized spacial score (nSPS) is 9.27. The van der Waals surface area contributed by atoms with Crippen molar-refractivity contribution in [1.82, 2.24) is 5.23 Å². The van der Waals surface area contributed by atoms with Gasteiger partial charge in [-0.25, -0.2) is 0 Å². The molecule has 0 saturated heterocycles. The topological polar surface area (TPSA) is 60.8 Å². The van der Waals surface area contributed by atoms with Gasteiger partial charge in [0.2, 0.25) is 0 Å². The number of hydrogen-bond donors (Lipinski definition) is 2. The summed E-state index contributed by atoms with van der Waals surface area (Å²) in [6.45, 7) is 0. The summed E-state index contributed by atoms with van der Waals surface area (Å²) in [4.78, 5) is 10.8. The molecule has 0 saturated carbocycles. The van der Waals surface area contributed by atoms with Gasteiger partial charge in [0.15, 0.2) is 0 Å². The highest BCUT2D eigenvalue weighted by atomic mass is 16.8. The molecule has 58 valence electrons. The Hall–Kier alpha value is -1.39. The Morgan fingerprint density at radius 2 is 1.73 bits per heavy atom. The largest absolute Gasteiger partial charge is 0.303 e. The number of hydroxylamine groups is 2. The van der Waals surface area contributed by atoms with Crippen LogP contribution >= 0.6 is 0 Å². The number of amides is 1. The quantitative estimate of drug-likeness (QED) is 0.465. The van der Waals surface area contributed by atoms with Crippen molar-refractivity contribution in [1.29, 1.82) is 0 Å². The van der Waals surface area contributed by atoms with Gasteiger partial charge in [-0.1, -0.05) is 23.4 Å². The lowest BCUT2D eigenvalue weighted by Gasteiger charge is -2.04. The van der Waals surface area contributed by atoms with Crippen molar-refractivity contribution < 1.29 is 15.2 Å². The highest BCUT2D eigenvalue weighted by Gasteiger charge is 2.08. The van der Waals surface area contributed by atoms with E-state index in [1.165, 1.54) is 12.1 Å². The van der Waals surface area contributed by atoms with Crippen LogP contribution in [0.3, 0.4) is 0 Å². The van der Waals surface area contributed by atoms with Crippen molar-refractivity contribution in [2.45, 2.75) is 0 Å². The van der Waals surface area contributed by atoms with E-state index >= 15 is 0 Å². The maximum atomic E-state index is 10.8. The van der Waals surface area contributed by atoms with Crippen molar-refractivity contribution in [3.63, 3.8) is 0 Å². The molecule has 0 bridgehead atoms. The Balaban J connectivity index is 2.86. The fraction of sp³-hybridized carbons (Fsp3) is 0. The van der Waals surface area contributed by atoms with E-state index in [-0.39, 0.29) is 5.56 Å². The number of carbonyl (C=O) groups excluding carboxylic acids is 1. The molecule has 0 atom stereocenters. The van der Waals surface area contributed by atoms with E-state index in [1.807, 2.05) is 0 Å². The van der Waals surface area contributed by atoms with Gasteiger partial charge in [-0.3, -0.25) is 15.2 Å². The SMILES string of the molecule is O=C(c1ccccc1)N(O)O. The first-order chi connectivity index (χ1) is 5.22. The van der Waals surface area contributed by atoms with Gasteiger partial charge in [0, 0.05) is 5.56 Å². The Morgan fingerprint density at radius 1 is 1.18 bits per heavy atom. The zero-order valence-electron chi connectivity index (χ0n) is 5.64. The van der Waals surface area contributed by atoms with Crippen molar-refractivity contribution in [3.05, 3.63) is 35.9 Å². The highest BCUT2D eigenvalue weighted by Crippen LogP contribution is 2.00. The van der Waals surface area contributed by atoms with Crippen LogP contribution in [0.15, 0.2) is 30.3 Å². The third kappa shape index (κ3) is 1.76. The number of hydrogen-bond acceptors (Lipinski definition) is 3. The lowest BCUT2D eigenvalue weighted by Crippen LogP contribution is -2.22. The number of benzene rings is 1. The molecule has 0 radical (unpaired) electrons. The summed E-state index contributed by atoms with van der Waals surface area (Å²) in [7, 11) is 0. The molecule has 0 aliphatic heterocycles. The molecule has 11 heavy (non-hydrogen) atoms. The van der Waals surface area contributed by atoms with Gasteiger partial charge in [0.05, 0.1) is 0 Å². The molecule has 0 unspecified atom stereocenters. The first kappa shape index (κ1) is 7.71. The Morgan fingerprint density at radius 3 is 2.18 bits per heavy atom. The van der Waals surface area contributed by atoms with Crippen molar-refractivity contribution >= 4 is 5.91 Å². The van der Waals surface area contributed by atoms with Crippen LogP contribution in [0.4, 0.5) is 0 Å². The minimum atomic E-state index is -0.842. The Bertz CT molecular complexity index is 245. The molecule has 4 heteroatoms. The van der Waals surface area contributed by atoms with E-state index < -0.39 is 11.1 Å². The summed E-state index contributed by atoms with van der Waals surface area (Å²) in [5.41, 5.74) is 0.234. The molecular formula is C7H7NO3. The fourth-order valence-electron chi connectivity index (χ4n) is 0.696. The lowest BCUT2D eigenvalue weighted by atomic mass is 10.2. The summed E-state index contributed by atoms with van der Waals surface area (Å²) >= 11 is 0. The van der Waals surface area contributed by atoms with Crippen LogP contribution in [-0.2, 0) is 0 Å². The smallest absolute Gasteiger partial charge is 0.264 e. The van der Waals surface area contributed by atoms with Crippen LogP contribution < -0.4 is 0 Å². The second kappa shape index (κ2) is 3.14. The minimum Gasteiger partial charge on any atom is -0.264 e. The summed E-state index contributed by atoms with van der Waals surface area (Å²) in [5.74, 6) is -0.842. The minimum absolute atomic E-state index is 0.234. The van der Waals surface area contributed by atoms with Gasteiger partial charge in [-0.15, -0.1) is 0 Å². The molecule has 0 aromatic heterocycles. The molecule has 0 aliphatic rings. The van der Waals surface area contributed by atoms with Crippen LogP contribution in [0.5, 0.6) is 0 Å². The Labute approximate surface area is 63.2 Å². The van der Waals surface area contributed by atoms with Gasteiger partial charge < -0.3 is 0 Å². The maximum absolute atomic E-state index is 10.8. The zero-order valence-corrected chi connectivity index (χ0v) is 5.64. The molecular weight excluding hydrogens is 146 g/mol. The van der Waals surface area contributed by atoms with Crippen molar-refractivity contribution in [2.24, 2.45) is 0 Å². The fourth-order valence-corrected chi connectivity index (χ4v) is 0.696. The van der Waals surface area contributed by atoms with E-state index in [0.29, 0.717) is 0 Å². The van der Waals surface area contributed by atoms with E-state index in [1.54, 1.807) is 18.2 Å². The monoisotopic (exact) mass is 153 g/mol. The van der Waals surface area contributed by atoms with Gasteiger partial charge in [0.25, 0.3) is 0 Å². The van der Waals surface area contributed by atoms with Gasteiger partial charge >= 0.3 is 5.91 Å². The van der Waals surface area contributed by atoms with Crippen molar-refractivity contribution in [2.75, 3.05) is 0 Å². The summed E-state index contributed by atoms with van der Waals surface area (Å²) in [5, 5.41) is 16.2. The number of nitrogens with zero attached hydrogens (tertiary/aromatic N) is 1. The summed E-state index contributed by atoms with van der Waals surface area (Å²) < 4.78 is 0. The molecule has 0 fully saturated rings. The molecule has 0 spiro atoms. The number of rotatable bonds is 1. The van der Waals surface area contributed by atoms with Crippen LogP contribution in [0, 0.1) is 0 Å². The molecule has 1 aromatic carbocycles. The summed E-state index contributed by atoms with van der Waals surface area (Å²) in [6.07, 6.45) is 0. The van der Waals surface area contributed by atoms with Gasteiger partial charge in [-0.2, -0.15) is 0 Å². The molecule has 2 N–H and O–H groups in total. The van der Waals surface area contributed by atoms with Crippen LogP contribution in [0.2, 0.25) is 0 Å². The predicted octanol–water partition coefficient (Wildman–Crippen LogP) is 0.907. The average molecular weight is 153 g/mol. The average Bonchev–Trinajstić information content (AvgIpc) is 2.05. The molecule has 1 amide bonds. The third-order valence-electron chi connectivity index (χ3n) is 1.20. The molecule has 0 aliphatic carbocycles. The molecule has 0 heterocycles. The molecule has 4 nitrogen and oxygen atoms in total. The lowest BCUT2D eigenvalue weighted by molar-refractivity contribution is -0.260. The van der Waals surface area contributed by atoms with Crippen LogP contribution in [0.25, 0.3) is 0 Å². The highest BCUT2D eigenvalue weighted by molar-refractivity contribution is 5.92.